The lowest BCUT2D eigenvalue weighted by molar-refractivity contribution is -0.274. The quantitative estimate of drug-likeness (QED) is 0.180. The summed E-state index contributed by atoms with van der Waals surface area (Å²) < 4.78 is 48.9. The normalized spacial score (nSPS) is 14.6. The number of ether oxygens (including phenoxy) is 2. The molecule has 1 aromatic heterocycles. The zero-order valence-electron chi connectivity index (χ0n) is 24.2. The molecule has 1 aliphatic heterocycles. The molecule has 0 aliphatic carbocycles. The van der Waals surface area contributed by atoms with Gasteiger partial charge in [-0.15, -0.1) is 13.2 Å². The standard InChI is InChI=1S/C32H33Cl2F3N4O3/c1-43-31(42)38-12-3-13-41-21-26(23-7-9-24(10-8-23)44-32(35,36)37)25-18-22(6-11-30(25)41)19-39-14-16-40(17-15-39)20-27-28(33)4-2-5-29(27)34/h2,4-11,18,21H,3,12-17,19-20H2,1H3,(H,38,42). The largest absolute Gasteiger partial charge is 0.573 e. The Labute approximate surface area is 264 Å². The Balaban J connectivity index is 1.31. The number of carbonyl (C=O) groups excluding carboxylic acids is 1. The number of amides is 1. The number of rotatable bonds is 10. The number of fused-ring (bicyclic) bond motifs is 1. The van der Waals surface area contributed by atoms with Crippen LogP contribution in [0, 0.1) is 0 Å². The van der Waals surface area contributed by atoms with Crippen LogP contribution in [0.3, 0.4) is 0 Å². The molecular weight excluding hydrogens is 616 g/mol. The van der Waals surface area contributed by atoms with Crippen molar-refractivity contribution in [3.63, 3.8) is 0 Å². The monoisotopic (exact) mass is 648 g/mol. The summed E-state index contributed by atoms with van der Waals surface area (Å²) in [6, 6.07) is 17.8. The summed E-state index contributed by atoms with van der Waals surface area (Å²) in [5, 5.41) is 5.05. The van der Waals surface area contributed by atoms with E-state index in [0.717, 1.165) is 65.9 Å². The fourth-order valence-corrected chi connectivity index (χ4v) is 5.99. The van der Waals surface area contributed by atoms with Crippen LogP contribution in [0.4, 0.5) is 18.0 Å². The second kappa shape index (κ2) is 14.1. The smallest absolute Gasteiger partial charge is 0.453 e. The van der Waals surface area contributed by atoms with Crippen molar-refractivity contribution in [2.24, 2.45) is 0 Å². The molecule has 1 fully saturated rings. The Morgan fingerprint density at radius 3 is 2.23 bits per heavy atom. The van der Waals surface area contributed by atoms with Crippen LogP contribution in [0.1, 0.15) is 17.5 Å². The fourth-order valence-electron chi connectivity index (χ4n) is 5.48. The second-order valence-corrected chi connectivity index (χ2v) is 11.5. The molecule has 0 radical (unpaired) electrons. The van der Waals surface area contributed by atoms with E-state index >= 15 is 0 Å². The summed E-state index contributed by atoms with van der Waals surface area (Å²) in [6.45, 7) is 6.10. The maximum absolute atomic E-state index is 12.7. The van der Waals surface area contributed by atoms with Gasteiger partial charge < -0.3 is 19.4 Å². The van der Waals surface area contributed by atoms with Crippen molar-refractivity contribution >= 4 is 40.2 Å². The lowest BCUT2D eigenvalue weighted by Crippen LogP contribution is -2.45. The molecule has 0 atom stereocenters. The van der Waals surface area contributed by atoms with Gasteiger partial charge in [-0.25, -0.2) is 4.79 Å². The van der Waals surface area contributed by atoms with Gasteiger partial charge in [0.1, 0.15) is 5.75 Å². The first-order valence-corrected chi connectivity index (χ1v) is 15.0. The van der Waals surface area contributed by atoms with E-state index in [1.54, 1.807) is 12.1 Å². The van der Waals surface area contributed by atoms with E-state index in [1.165, 1.54) is 19.2 Å². The van der Waals surface area contributed by atoms with Crippen LogP contribution in [-0.2, 0) is 24.4 Å². The predicted molar refractivity (Wildman–Crippen MR) is 166 cm³/mol. The average Bonchev–Trinajstić information content (AvgIpc) is 3.35. The van der Waals surface area contributed by atoms with E-state index in [9.17, 15) is 18.0 Å². The summed E-state index contributed by atoms with van der Waals surface area (Å²) >= 11 is 12.8. The zero-order chi connectivity index (χ0) is 31.3. The third kappa shape index (κ3) is 8.18. The average molecular weight is 650 g/mol. The van der Waals surface area contributed by atoms with E-state index < -0.39 is 12.5 Å². The van der Waals surface area contributed by atoms with Crippen LogP contribution in [0.15, 0.2) is 66.9 Å². The molecule has 5 rings (SSSR count). The number of halogens is 5. The van der Waals surface area contributed by atoms with Crippen molar-refractivity contribution in [2.45, 2.75) is 32.4 Å². The van der Waals surface area contributed by atoms with Crippen molar-refractivity contribution in [3.05, 3.63) is 88.0 Å². The zero-order valence-corrected chi connectivity index (χ0v) is 25.7. The highest BCUT2D eigenvalue weighted by Gasteiger charge is 2.31. The minimum absolute atomic E-state index is 0.268. The van der Waals surface area contributed by atoms with Gasteiger partial charge in [0, 0.05) is 90.6 Å². The van der Waals surface area contributed by atoms with Gasteiger partial charge in [-0.2, -0.15) is 0 Å². The molecule has 44 heavy (non-hydrogen) atoms. The highest BCUT2D eigenvalue weighted by molar-refractivity contribution is 6.35. The molecule has 4 aromatic rings. The lowest BCUT2D eigenvalue weighted by atomic mass is 10.0. The van der Waals surface area contributed by atoms with Crippen molar-refractivity contribution in [2.75, 3.05) is 39.8 Å². The van der Waals surface area contributed by atoms with Crippen LogP contribution in [-0.4, -0.2) is 66.7 Å². The van der Waals surface area contributed by atoms with Crippen LogP contribution >= 0.6 is 23.2 Å². The van der Waals surface area contributed by atoms with Gasteiger partial charge >= 0.3 is 12.5 Å². The summed E-state index contributed by atoms with van der Waals surface area (Å²) in [4.78, 5) is 16.2. The molecular formula is C32H33Cl2F3N4O3. The van der Waals surface area contributed by atoms with Crippen LogP contribution in [0.2, 0.25) is 10.0 Å². The first-order valence-electron chi connectivity index (χ1n) is 14.3. The van der Waals surface area contributed by atoms with Gasteiger partial charge in [0.15, 0.2) is 0 Å². The van der Waals surface area contributed by atoms with E-state index in [0.29, 0.717) is 36.1 Å². The summed E-state index contributed by atoms with van der Waals surface area (Å²) in [7, 11) is 1.32. The van der Waals surface area contributed by atoms with Gasteiger partial charge in [-0.3, -0.25) is 9.80 Å². The Morgan fingerprint density at radius 1 is 0.932 bits per heavy atom. The minimum atomic E-state index is -4.75. The van der Waals surface area contributed by atoms with Crippen LogP contribution in [0.5, 0.6) is 5.75 Å². The predicted octanol–water partition coefficient (Wildman–Crippen LogP) is 7.58. The maximum atomic E-state index is 12.7. The number of aromatic nitrogens is 1. The Kier molecular flexibility index (Phi) is 10.3. The molecule has 0 saturated carbocycles. The van der Waals surface area contributed by atoms with Crippen LogP contribution < -0.4 is 10.1 Å². The van der Waals surface area contributed by atoms with E-state index in [2.05, 4.69) is 47.4 Å². The number of hydrogen-bond donors (Lipinski definition) is 1. The fraction of sp³-hybridized carbons (Fsp3) is 0.344. The van der Waals surface area contributed by atoms with E-state index in [-0.39, 0.29) is 5.75 Å². The molecule has 2 heterocycles. The number of hydrogen-bond acceptors (Lipinski definition) is 5. The summed E-state index contributed by atoms with van der Waals surface area (Å²) in [6.07, 6.45) is -2.56. The molecule has 1 N–H and O–H groups in total. The topological polar surface area (TPSA) is 59.0 Å². The minimum Gasteiger partial charge on any atom is -0.453 e. The molecule has 0 spiro atoms. The van der Waals surface area contributed by atoms with E-state index in [4.69, 9.17) is 23.2 Å². The number of methoxy groups -OCH3 is 1. The lowest BCUT2D eigenvalue weighted by Gasteiger charge is -2.35. The molecule has 12 heteroatoms. The van der Waals surface area contributed by atoms with Gasteiger partial charge in [-0.1, -0.05) is 47.5 Å². The molecule has 1 aliphatic rings. The molecule has 234 valence electrons. The Hall–Kier alpha value is -3.44. The molecule has 0 bridgehead atoms. The first-order chi connectivity index (χ1) is 21.1. The Bertz CT molecular complexity index is 1570. The van der Waals surface area contributed by atoms with Gasteiger partial charge in [-0.05, 0) is 53.9 Å². The third-order valence-electron chi connectivity index (χ3n) is 7.69. The molecule has 3 aromatic carbocycles. The maximum Gasteiger partial charge on any atom is 0.573 e. The number of nitrogens with one attached hydrogen (secondary N) is 1. The van der Waals surface area contributed by atoms with Crippen molar-refractivity contribution < 1.29 is 27.4 Å². The Morgan fingerprint density at radius 2 is 1.59 bits per heavy atom. The van der Waals surface area contributed by atoms with Crippen molar-refractivity contribution in [3.8, 4) is 16.9 Å². The number of nitrogens with zero attached hydrogens (tertiary/aromatic N) is 3. The molecule has 7 nitrogen and oxygen atoms in total. The molecule has 1 amide bonds. The number of alkyl halides is 3. The van der Waals surface area contributed by atoms with Gasteiger partial charge in [0.2, 0.25) is 0 Å². The van der Waals surface area contributed by atoms with Crippen LogP contribution in [0.25, 0.3) is 22.0 Å². The van der Waals surface area contributed by atoms with E-state index in [1.807, 2.05) is 24.4 Å². The summed E-state index contributed by atoms with van der Waals surface area (Å²) in [5.41, 5.74) is 4.77. The van der Waals surface area contributed by atoms with Crippen molar-refractivity contribution in [1.29, 1.82) is 0 Å². The summed E-state index contributed by atoms with van der Waals surface area (Å²) in [5.74, 6) is -0.268. The van der Waals surface area contributed by atoms with Gasteiger partial charge in [0.05, 0.1) is 7.11 Å². The number of alkyl carbamates (subject to hydrolysis) is 1. The second-order valence-electron chi connectivity index (χ2n) is 10.7. The number of aryl methyl sites for hydroxylation is 1. The number of benzene rings is 3. The first kappa shape index (κ1) is 32.0. The molecule has 1 saturated heterocycles. The number of piperazine rings is 1. The molecule has 0 unspecified atom stereocenters. The number of carbonyl (C=O) groups is 1. The highest BCUT2D eigenvalue weighted by atomic mass is 35.5. The van der Waals surface area contributed by atoms with Crippen molar-refractivity contribution in [1.82, 2.24) is 19.7 Å². The van der Waals surface area contributed by atoms with Gasteiger partial charge in [0.25, 0.3) is 0 Å². The SMILES string of the molecule is COC(=O)NCCCn1cc(-c2ccc(OC(F)(F)F)cc2)c2cc(CN3CCN(Cc4c(Cl)cccc4Cl)CC3)ccc21. The third-order valence-corrected chi connectivity index (χ3v) is 8.40. The highest BCUT2D eigenvalue weighted by Crippen LogP contribution is 2.34.